The van der Waals surface area contributed by atoms with Crippen molar-refractivity contribution in [3.63, 3.8) is 0 Å². The van der Waals surface area contributed by atoms with Gasteiger partial charge in [-0.3, -0.25) is 4.79 Å². The summed E-state index contributed by atoms with van der Waals surface area (Å²) in [6.07, 6.45) is 0. The monoisotopic (exact) mass is 429 g/mol. The molecule has 0 saturated heterocycles. The quantitative estimate of drug-likeness (QED) is 0.573. The van der Waals surface area contributed by atoms with E-state index in [9.17, 15) is 4.79 Å². The van der Waals surface area contributed by atoms with Gasteiger partial charge in [0.05, 0.1) is 10.4 Å². The molecule has 0 spiro atoms. The van der Waals surface area contributed by atoms with Gasteiger partial charge in [0.15, 0.2) is 0 Å². The number of hydrogen-bond donors (Lipinski definition) is 1. The topological polar surface area (TPSA) is 29.1 Å². The Bertz CT molecular complexity index is 559. The molecule has 1 N–H and O–H groups in total. The fourth-order valence-electron chi connectivity index (χ4n) is 1.70. The first-order chi connectivity index (χ1) is 9.18. The van der Waals surface area contributed by atoms with E-state index in [0.717, 1.165) is 14.7 Å². The van der Waals surface area contributed by atoms with Crippen LogP contribution in [0, 0.1) is 3.57 Å². The molecule has 0 aliphatic rings. The fraction of sp³-hybridized carbons (Fsp3) is 0.133. The van der Waals surface area contributed by atoms with Gasteiger partial charge < -0.3 is 5.32 Å². The van der Waals surface area contributed by atoms with Crippen LogP contribution in [-0.4, -0.2) is 12.5 Å². The number of benzene rings is 2. The Balaban J connectivity index is 1.96. The summed E-state index contributed by atoms with van der Waals surface area (Å²) in [5, 5.41) is 2.95. The van der Waals surface area contributed by atoms with E-state index >= 15 is 0 Å². The van der Waals surface area contributed by atoms with Crippen LogP contribution in [0.3, 0.4) is 0 Å². The van der Waals surface area contributed by atoms with Crippen LogP contribution in [0.1, 0.15) is 20.7 Å². The number of hydrogen-bond acceptors (Lipinski definition) is 1. The lowest BCUT2D eigenvalue weighted by Gasteiger charge is -2.12. The van der Waals surface area contributed by atoms with Gasteiger partial charge in [-0.1, -0.05) is 58.4 Å². The summed E-state index contributed by atoms with van der Waals surface area (Å²) in [4.78, 5) is 12.2. The Kier molecular flexibility index (Phi) is 5.39. The maximum atomic E-state index is 12.1. The lowest BCUT2D eigenvalue weighted by molar-refractivity contribution is 0.0953. The van der Waals surface area contributed by atoms with Gasteiger partial charge in [0.1, 0.15) is 0 Å². The van der Waals surface area contributed by atoms with E-state index in [1.54, 1.807) is 0 Å². The minimum atomic E-state index is -0.0367. The third-order valence-corrected chi connectivity index (χ3v) is 4.51. The molecule has 0 radical (unpaired) electrons. The molecule has 2 aromatic carbocycles. The van der Waals surface area contributed by atoms with Crippen LogP contribution in [0.25, 0.3) is 0 Å². The second-order valence-corrected chi connectivity index (χ2v) is 6.34. The zero-order valence-corrected chi connectivity index (χ0v) is 13.9. The van der Waals surface area contributed by atoms with E-state index in [0.29, 0.717) is 6.54 Å². The van der Waals surface area contributed by atoms with E-state index in [-0.39, 0.29) is 10.7 Å². The maximum absolute atomic E-state index is 12.1. The van der Waals surface area contributed by atoms with Gasteiger partial charge in [0.25, 0.3) is 5.91 Å². The molecule has 0 heterocycles. The van der Waals surface area contributed by atoms with Gasteiger partial charge in [-0.05, 0) is 40.3 Å². The summed E-state index contributed by atoms with van der Waals surface area (Å²) in [7, 11) is 0. The van der Waals surface area contributed by atoms with Crippen molar-refractivity contribution in [1.29, 1.82) is 0 Å². The van der Waals surface area contributed by atoms with Crippen molar-refractivity contribution in [2.24, 2.45) is 0 Å². The molecule has 98 valence electrons. The summed E-state index contributed by atoms with van der Waals surface area (Å²) in [5.74, 6) is -0.0367. The molecule has 0 fully saturated rings. The number of halogens is 2. The number of alkyl halides is 1. The molecule has 1 amide bonds. The minimum Gasteiger partial charge on any atom is -0.351 e. The molecular weight excluding hydrogens is 417 g/mol. The van der Waals surface area contributed by atoms with Crippen molar-refractivity contribution in [2.75, 3.05) is 6.54 Å². The molecule has 19 heavy (non-hydrogen) atoms. The third-order valence-electron chi connectivity index (χ3n) is 2.72. The number of nitrogens with one attached hydrogen (secondary N) is 1. The highest BCUT2D eigenvalue weighted by atomic mass is 127. The van der Waals surface area contributed by atoms with Crippen molar-refractivity contribution in [2.45, 2.75) is 4.83 Å². The molecule has 0 saturated carbocycles. The number of carbonyl (C=O) groups excluding carboxylic acids is 1. The number of rotatable bonds is 4. The van der Waals surface area contributed by atoms with Crippen LogP contribution < -0.4 is 5.32 Å². The highest BCUT2D eigenvalue weighted by molar-refractivity contribution is 14.1. The van der Waals surface area contributed by atoms with Crippen molar-refractivity contribution in [3.05, 3.63) is 69.3 Å². The Hall–Kier alpha value is -0.880. The van der Waals surface area contributed by atoms with E-state index in [4.69, 9.17) is 0 Å². The minimum absolute atomic E-state index is 0.0367. The van der Waals surface area contributed by atoms with Gasteiger partial charge >= 0.3 is 0 Å². The largest absolute Gasteiger partial charge is 0.351 e. The first-order valence-corrected chi connectivity index (χ1v) is 7.89. The summed E-state index contributed by atoms with van der Waals surface area (Å²) in [6, 6.07) is 17.6. The fourth-order valence-corrected chi connectivity index (χ4v) is 2.80. The molecule has 0 bridgehead atoms. The molecule has 0 aliphatic carbocycles. The standard InChI is InChI=1S/C15H13BrINO/c16-13(11-6-2-1-3-7-11)10-18-15(19)12-8-4-5-9-14(12)17/h1-9,13H,10H2,(H,18,19). The molecule has 1 unspecified atom stereocenters. The zero-order valence-electron chi connectivity index (χ0n) is 10.1. The van der Waals surface area contributed by atoms with Gasteiger partial charge in [0, 0.05) is 10.1 Å². The first kappa shape index (κ1) is 14.5. The smallest absolute Gasteiger partial charge is 0.252 e. The van der Waals surface area contributed by atoms with Crippen molar-refractivity contribution >= 4 is 44.4 Å². The SMILES string of the molecule is O=C(NCC(Br)c1ccccc1)c1ccccc1I. The van der Waals surface area contributed by atoms with Gasteiger partial charge in [-0.2, -0.15) is 0 Å². The van der Waals surface area contributed by atoms with Gasteiger partial charge in [0.2, 0.25) is 0 Å². The number of amides is 1. The highest BCUT2D eigenvalue weighted by Gasteiger charge is 2.12. The predicted octanol–water partition coefficient (Wildman–Crippen LogP) is 4.16. The van der Waals surface area contributed by atoms with Gasteiger partial charge in [-0.25, -0.2) is 0 Å². The van der Waals surface area contributed by atoms with Crippen molar-refractivity contribution < 1.29 is 4.79 Å². The molecule has 2 rings (SSSR count). The Labute approximate surface area is 134 Å². The van der Waals surface area contributed by atoms with E-state index < -0.39 is 0 Å². The lowest BCUT2D eigenvalue weighted by atomic mass is 10.1. The van der Waals surface area contributed by atoms with Crippen LogP contribution in [-0.2, 0) is 0 Å². The van der Waals surface area contributed by atoms with Crippen LogP contribution in [0.5, 0.6) is 0 Å². The molecule has 4 heteroatoms. The second kappa shape index (κ2) is 7.05. The summed E-state index contributed by atoms with van der Waals surface area (Å²) in [5.41, 5.74) is 1.88. The maximum Gasteiger partial charge on any atom is 0.252 e. The normalized spacial score (nSPS) is 11.9. The molecule has 1 atom stereocenters. The molecule has 2 aromatic rings. The van der Waals surface area contributed by atoms with Gasteiger partial charge in [-0.15, -0.1) is 0 Å². The molecule has 2 nitrogen and oxygen atoms in total. The third kappa shape index (κ3) is 4.04. The van der Waals surface area contributed by atoms with Crippen molar-refractivity contribution in [3.8, 4) is 0 Å². The molecular formula is C15H13BrINO. The number of carbonyl (C=O) groups is 1. The molecule has 0 aromatic heterocycles. The average Bonchev–Trinajstić information content (AvgIpc) is 2.46. The Morgan fingerprint density at radius 3 is 2.42 bits per heavy atom. The zero-order chi connectivity index (χ0) is 13.7. The lowest BCUT2D eigenvalue weighted by Crippen LogP contribution is -2.27. The summed E-state index contributed by atoms with van der Waals surface area (Å²) < 4.78 is 0.962. The highest BCUT2D eigenvalue weighted by Crippen LogP contribution is 2.21. The Morgan fingerprint density at radius 1 is 1.11 bits per heavy atom. The van der Waals surface area contributed by atoms with E-state index in [2.05, 4.69) is 43.8 Å². The second-order valence-electron chi connectivity index (χ2n) is 4.07. The Morgan fingerprint density at radius 2 is 1.74 bits per heavy atom. The van der Waals surface area contributed by atoms with E-state index in [1.807, 2.05) is 54.6 Å². The van der Waals surface area contributed by atoms with Crippen LogP contribution in [0.2, 0.25) is 0 Å². The van der Waals surface area contributed by atoms with Crippen LogP contribution in [0.15, 0.2) is 54.6 Å². The predicted molar refractivity (Wildman–Crippen MR) is 89.6 cm³/mol. The summed E-state index contributed by atoms with van der Waals surface area (Å²) >= 11 is 5.76. The van der Waals surface area contributed by atoms with Crippen molar-refractivity contribution in [1.82, 2.24) is 5.32 Å². The first-order valence-electron chi connectivity index (χ1n) is 5.90. The summed E-state index contributed by atoms with van der Waals surface area (Å²) in [6.45, 7) is 0.563. The molecule has 0 aliphatic heterocycles. The average molecular weight is 430 g/mol. The van der Waals surface area contributed by atoms with E-state index in [1.165, 1.54) is 0 Å². The van der Waals surface area contributed by atoms with Crippen LogP contribution in [0.4, 0.5) is 0 Å². The van der Waals surface area contributed by atoms with Crippen LogP contribution >= 0.6 is 38.5 Å².